The molecule has 1 atom stereocenters. The van der Waals surface area contributed by atoms with E-state index >= 15 is 0 Å². The van der Waals surface area contributed by atoms with E-state index in [1.807, 2.05) is 13.0 Å². The van der Waals surface area contributed by atoms with Crippen molar-refractivity contribution in [2.24, 2.45) is 0 Å². The summed E-state index contributed by atoms with van der Waals surface area (Å²) < 4.78 is 48.4. The second-order valence-electron chi connectivity index (χ2n) is 6.84. The van der Waals surface area contributed by atoms with Crippen LogP contribution in [0, 0.1) is 12.7 Å². The van der Waals surface area contributed by atoms with Crippen molar-refractivity contribution in [1.82, 2.24) is 24.7 Å². The molecule has 11 heteroatoms. The highest BCUT2D eigenvalue weighted by Gasteiger charge is 2.33. The zero-order valence-electron chi connectivity index (χ0n) is 15.3. The molecule has 3 heterocycles. The molecule has 1 N–H and O–H groups in total. The van der Waals surface area contributed by atoms with Gasteiger partial charge in [-0.05, 0) is 38.8 Å². The Morgan fingerprint density at radius 2 is 2.00 bits per heavy atom. The summed E-state index contributed by atoms with van der Waals surface area (Å²) in [6.07, 6.45) is 3.89. The van der Waals surface area contributed by atoms with Crippen molar-refractivity contribution in [2.75, 3.05) is 4.72 Å². The number of nitrogens with zero attached hydrogens (tertiary/aromatic N) is 5. The molecule has 3 aromatic heterocycles. The molecule has 0 spiro atoms. The van der Waals surface area contributed by atoms with Crippen LogP contribution in [0.25, 0.3) is 11.6 Å². The number of hydrogen-bond acceptors (Lipinski definition) is 7. The first kappa shape index (κ1) is 18.5. The van der Waals surface area contributed by atoms with Crippen molar-refractivity contribution < 1.29 is 17.2 Å². The summed E-state index contributed by atoms with van der Waals surface area (Å²) in [6.45, 7) is 3.35. The summed E-state index contributed by atoms with van der Waals surface area (Å²) >= 11 is 0. The van der Waals surface area contributed by atoms with Crippen molar-refractivity contribution >= 4 is 16.0 Å². The van der Waals surface area contributed by atoms with Gasteiger partial charge in [-0.2, -0.15) is 0 Å². The van der Waals surface area contributed by atoms with Gasteiger partial charge in [0.25, 0.3) is 0 Å². The maximum atomic E-state index is 12.9. The molecular weight excluding hydrogens is 387 g/mol. The number of aromatic nitrogens is 5. The van der Waals surface area contributed by atoms with Crippen molar-refractivity contribution in [3.63, 3.8) is 0 Å². The minimum Gasteiger partial charge on any atom is -0.458 e. The Morgan fingerprint density at radius 3 is 2.61 bits per heavy atom. The second-order valence-corrected chi connectivity index (χ2v) is 8.94. The van der Waals surface area contributed by atoms with Gasteiger partial charge in [0.2, 0.25) is 21.8 Å². The molecule has 4 rings (SSSR count). The van der Waals surface area contributed by atoms with E-state index in [9.17, 15) is 12.8 Å². The molecule has 9 nitrogen and oxygen atoms in total. The fourth-order valence-electron chi connectivity index (χ4n) is 2.80. The van der Waals surface area contributed by atoms with Gasteiger partial charge in [0.05, 0.1) is 17.6 Å². The standard InChI is InChI=1S/C17H19FN6O3S/c1-10-3-6-14(27-10)16-21-22-17(24(16)13-4-5-13)23-28(25,26)11(2)7-15-19-8-12(18)9-20-15/h3,6,8-9,11,13H,4-5,7H2,1-2H3,(H,22,23)/t11-/m0/s1. The topological polar surface area (TPSA) is 116 Å². The number of hydrogen-bond donors (Lipinski definition) is 1. The van der Waals surface area contributed by atoms with Gasteiger partial charge in [-0.15, -0.1) is 10.2 Å². The molecule has 3 aromatic rings. The highest BCUT2D eigenvalue weighted by atomic mass is 32.2. The van der Waals surface area contributed by atoms with Crippen LogP contribution >= 0.6 is 0 Å². The Kier molecular flexibility index (Phi) is 4.61. The number of sulfonamides is 1. The first-order chi connectivity index (χ1) is 13.3. The van der Waals surface area contributed by atoms with Crippen LogP contribution < -0.4 is 4.72 Å². The largest absolute Gasteiger partial charge is 0.458 e. The van der Waals surface area contributed by atoms with E-state index in [0.29, 0.717) is 11.6 Å². The van der Waals surface area contributed by atoms with Crippen molar-refractivity contribution in [3.05, 3.63) is 41.9 Å². The first-order valence-corrected chi connectivity index (χ1v) is 10.4. The zero-order valence-corrected chi connectivity index (χ0v) is 16.1. The SMILES string of the molecule is Cc1ccc(-c2nnc(NS(=O)(=O)[C@@H](C)Cc3ncc(F)cn3)n2C2CC2)o1. The lowest BCUT2D eigenvalue weighted by Crippen LogP contribution is -2.29. The third-order valence-electron chi connectivity index (χ3n) is 4.48. The number of aryl methyl sites for hydroxylation is 1. The highest BCUT2D eigenvalue weighted by Crippen LogP contribution is 2.40. The molecule has 148 valence electrons. The lowest BCUT2D eigenvalue weighted by molar-refractivity contribution is 0.538. The Labute approximate surface area is 161 Å². The van der Waals surface area contributed by atoms with Gasteiger partial charge in [0.15, 0.2) is 11.6 Å². The predicted molar refractivity (Wildman–Crippen MR) is 98.4 cm³/mol. The highest BCUT2D eigenvalue weighted by molar-refractivity contribution is 7.93. The second kappa shape index (κ2) is 6.97. The number of anilines is 1. The fourth-order valence-corrected chi connectivity index (χ4v) is 3.76. The Morgan fingerprint density at radius 1 is 1.29 bits per heavy atom. The summed E-state index contributed by atoms with van der Waals surface area (Å²) in [5, 5.41) is 7.30. The third kappa shape index (κ3) is 3.75. The molecule has 1 fully saturated rings. The molecule has 1 aliphatic rings. The van der Waals surface area contributed by atoms with Crippen molar-refractivity contribution in [3.8, 4) is 11.6 Å². The first-order valence-electron chi connectivity index (χ1n) is 8.83. The van der Waals surface area contributed by atoms with Crippen LogP contribution in [0.4, 0.5) is 10.3 Å². The maximum absolute atomic E-state index is 12.9. The molecule has 0 radical (unpaired) electrons. The normalized spacial score (nSPS) is 15.5. The van der Waals surface area contributed by atoms with E-state index in [2.05, 4.69) is 24.9 Å². The maximum Gasteiger partial charge on any atom is 0.238 e. The number of rotatable bonds is 7. The summed E-state index contributed by atoms with van der Waals surface area (Å²) in [7, 11) is -3.79. The molecule has 0 aromatic carbocycles. The van der Waals surface area contributed by atoms with Crippen molar-refractivity contribution in [1.29, 1.82) is 0 Å². The molecule has 0 aliphatic heterocycles. The summed E-state index contributed by atoms with van der Waals surface area (Å²) in [5.74, 6) is 1.58. The summed E-state index contributed by atoms with van der Waals surface area (Å²) in [5.41, 5.74) is 0. The van der Waals surface area contributed by atoms with Crippen LogP contribution in [0.1, 0.15) is 37.4 Å². The average molecular weight is 406 g/mol. The van der Waals surface area contributed by atoms with E-state index in [1.54, 1.807) is 10.6 Å². The molecule has 28 heavy (non-hydrogen) atoms. The van der Waals surface area contributed by atoms with E-state index < -0.39 is 21.1 Å². The van der Waals surface area contributed by atoms with E-state index in [1.165, 1.54) is 6.92 Å². The van der Waals surface area contributed by atoms with Crippen LogP contribution in [0.2, 0.25) is 0 Å². The Bertz CT molecular complexity index is 1090. The average Bonchev–Trinajstić information content (AvgIpc) is 3.26. The number of nitrogens with one attached hydrogen (secondary N) is 1. The van der Waals surface area contributed by atoms with Crippen LogP contribution in [0.5, 0.6) is 0 Å². The summed E-state index contributed by atoms with van der Waals surface area (Å²) in [6, 6.07) is 3.73. The lowest BCUT2D eigenvalue weighted by Gasteiger charge is -2.14. The van der Waals surface area contributed by atoms with Gasteiger partial charge in [-0.25, -0.2) is 22.8 Å². The smallest absolute Gasteiger partial charge is 0.238 e. The lowest BCUT2D eigenvalue weighted by atomic mass is 10.3. The zero-order chi connectivity index (χ0) is 19.9. The predicted octanol–water partition coefficient (Wildman–Crippen LogP) is 2.48. The van der Waals surface area contributed by atoms with E-state index in [0.717, 1.165) is 31.0 Å². The van der Waals surface area contributed by atoms with Crippen LogP contribution in [-0.4, -0.2) is 38.4 Å². The molecule has 1 aliphatic carbocycles. The Hall–Kier alpha value is -2.82. The van der Waals surface area contributed by atoms with Gasteiger partial charge < -0.3 is 4.42 Å². The summed E-state index contributed by atoms with van der Waals surface area (Å²) in [4.78, 5) is 7.63. The third-order valence-corrected chi connectivity index (χ3v) is 6.17. The van der Waals surface area contributed by atoms with Crippen molar-refractivity contribution in [2.45, 2.75) is 44.4 Å². The van der Waals surface area contributed by atoms with E-state index in [-0.39, 0.29) is 24.2 Å². The molecule has 0 bridgehead atoms. The molecule has 0 amide bonds. The Balaban J connectivity index is 1.57. The number of halogens is 1. The molecule has 1 saturated carbocycles. The van der Waals surface area contributed by atoms with Crippen LogP contribution in [0.15, 0.2) is 28.9 Å². The number of furan rings is 1. The molecular formula is C17H19FN6O3S. The van der Waals surface area contributed by atoms with E-state index in [4.69, 9.17) is 4.42 Å². The van der Waals surface area contributed by atoms with Gasteiger partial charge in [0.1, 0.15) is 11.6 Å². The fraction of sp³-hybridized carbons (Fsp3) is 0.412. The monoisotopic (exact) mass is 406 g/mol. The molecule has 0 unspecified atom stereocenters. The van der Waals surface area contributed by atoms with Gasteiger partial charge >= 0.3 is 0 Å². The minimum absolute atomic E-state index is 0.0391. The minimum atomic E-state index is -3.79. The van der Waals surface area contributed by atoms with Gasteiger partial charge in [0, 0.05) is 12.5 Å². The molecule has 0 saturated heterocycles. The van der Waals surface area contributed by atoms with Gasteiger partial charge in [-0.1, -0.05) is 0 Å². The van der Waals surface area contributed by atoms with Gasteiger partial charge in [-0.3, -0.25) is 9.29 Å². The quantitative estimate of drug-likeness (QED) is 0.641. The van der Waals surface area contributed by atoms with Crippen LogP contribution in [0.3, 0.4) is 0 Å². The van der Waals surface area contributed by atoms with Crippen LogP contribution in [-0.2, 0) is 16.4 Å².